The van der Waals surface area contributed by atoms with Gasteiger partial charge in [-0.1, -0.05) is 88.0 Å². The highest BCUT2D eigenvalue weighted by Gasteiger charge is 2.36. The Morgan fingerprint density at radius 2 is 1.58 bits per heavy atom. The first-order chi connectivity index (χ1) is 25.0. The highest BCUT2D eigenvalue weighted by atomic mass is 32.1. The normalized spacial score (nSPS) is 15.1. The Balaban J connectivity index is 1.03. The second-order valence-corrected chi connectivity index (χ2v) is 15.8. The van der Waals surface area contributed by atoms with Crippen molar-refractivity contribution in [1.82, 2.24) is 20.2 Å². The average Bonchev–Trinajstić information content (AvgIpc) is 3.85. The lowest BCUT2D eigenvalue weighted by Crippen LogP contribution is -2.53. The first kappa shape index (κ1) is 35.1. The van der Waals surface area contributed by atoms with Gasteiger partial charge < -0.3 is 10.2 Å². The van der Waals surface area contributed by atoms with Crippen molar-refractivity contribution in [3.63, 3.8) is 0 Å². The van der Waals surface area contributed by atoms with E-state index in [1.165, 1.54) is 29.7 Å². The van der Waals surface area contributed by atoms with Gasteiger partial charge in [-0.05, 0) is 71.0 Å². The Morgan fingerprint density at radius 1 is 0.923 bits per heavy atom. The number of aromatic nitrogens is 2. The molecule has 8 nitrogen and oxygen atoms in total. The van der Waals surface area contributed by atoms with Crippen LogP contribution in [0, 0.1) is 16.6 Å². The van der Waals surface area contributed by atoms with Crippen LogP contribution < -0.4 is 5.32 Å². The van der Waals surface area contributed by atoms with E-state index in [-0.39, 0.29) is 17.1 Å². The Hall–Kier alpha value is -5.35. The molecule has 1 atom stereocenters. The molecule has 1 saturated heterocycles. The number of nitrogens with one attached hydrogen (secondary N) is 1. The summed E-state index contributed by atoms with van der Waals surface area (Å²) in [5.74, 6) is -0.483. The standard InChI is InChI=1S/C42H40FN5O3S/c1-25(48-23-33(24-48)40(49)47-51)36(46-41(50)37-17-18-38(52-37)42(2,3)4)19-26-5-7-30(8-6-26)39-44-21-32(22-45-39)34-16-15-31(20-35(34)43)29-13-11-28(12-14-29)27-9-10-27/h5-8,11-18,20-22,27,33,36H,1,9-10,19,23-24H2,2-4H3,(H,46,50)/t36-/m0/s1. The molecule has 3 aromatic carbocycles. The first-order valence-electron chi connectivity index (χ1n) is 17.5. The number of hydrogen-bond acceptors (Lipinski definition) is 7. The van der Waals surface area contributed by atoms with Gasteiger partial charge in [-0.25, -0.2) is 14.4 Å². The number of nitroso groups, excluding NO2 is 1. The molecule has 52 heavy (non-hydrogen) atoms. The summed E-state index contributed by atoms with van der Waals surface area (Å²) in [4.78, 5) is 48.7. The van der Waals surface area contributed by atoms with Crippen LogP contribution in [0.1, 0.15) is 65.2 Å². The van der Waals surface area contributed by atoms with Crippen molar-refractivity contribution >= 4 is 23.2 Å². The lowest BCUT2D eigenvalue weighted by Gasteiger charge is -2.42. The molecule has 0 radical (unpaired) electrons. The number of amides is 2. The molecule has 3 heterocycles. The van der Waals surface area contributed by atoms with Gasteiger partial charge in [0.25, 0.3) is 11.8 Å². The van der Waals surface area contributed by atoms with Crippen LogP contribution >= 0.6 is 11.3 Å². The number of halogens is 1. The van der Waals surface area contributed by atoms with E-state index in [4.69, 9.17) is 0 Å². The predicted octanol–water partition coefficient (Wildman–Crippen LogP) is 8.93. The summed E-state index contributed by atoms with van der Waals surface area (Å²) in [7, 11) is 0. The summed E-state index contributed by atoms with van der Waals surface area (Å²) in [6.45, 7) is 11.3. The summed E-state index contributed by atoms with van der Waals surface area (Å²) >= 11 is 1.46. The third kappa shape index (κ3) is 7.62. The van der Waals surface area contributed by atoms with E-state index >= 15 is 4.39 Å². The second kappa shape index (κ2) is 14.3. The molecule has 2 aliphatic rings. The number of thiophene rings is 1. The molecular weight excluding hydrogens is 674 g/mol. The van der Waals surface area contributed by atoms with Crippen molar-refractivity contribution in [1.29, 1.82) is 0 Å². The van der Waals surface area contributed by atoms with Gasteiger partial charge in [0.15, 0.2) is 5.82 Å². The van der Waals surface area contributed by atoms with E-state index in [2.05, 4.69) is 72.1 Å². The maximum atomic E-state index is 15.3. The molecule has 2 fully saturated rings. The Kier molecular flexibility index (Phi) is 9.67. The predicted molar refractivity (Wildman–Crippen MR) is 203 cm³/mol. The van der Waals surface area contributed by atoms with Crippen LogP contribution in [-0.2, 0) is 16.6 Å². The lowest BCUT2D eigenvalue weighted by molar-refractivity contribution is -0.126. The number of nitrogens with zero attached hydrogens (tertiary/aromatic N) is 4. The van der Waals surface area contributed by atoms with Gasteiger partial charge >= 0.3 is 0 Å². The average molecular weight is 714 g/mol. The smallest absolute Gasteiger partial charge is 0.292 e. The largest absolute Gasteiger partial charge is 0.372 e. The molecule has 2 amide bonds. The molecule has 264 valence electrons. The van der Waals surface area contributed by atoms with Gasteiger partial charge in [0.1, 0.15) is 5.82 Å². The third-order valence-corrected chi connectivity index (χ3v) is 11.4. The number of rotatable bonds is 11. The van der Waals surface area contributed by atoms with E-state index in [0.29, 0.717) is 53.0 Å². The van der Waals surface area contributed by atoms with E-state index in [9.17, 15) is 14.5 Å². The van der Waals surface area contributed by atoms with Crippen LogP contribution in [0.4, 0.5) is 4.39 Å². The van der Waals surface area contributed by atoms with Crippen molar-refractivity contribution in [2.45, 2.75) is 57.4 Å². The first-order valence-corrected chi connectivity index (χ1v) is 18.3. The maximum absolute atomic E-state index is 15.3. The minimum Gasteiger partial charge on any atom is -0.372 e. The molecule has 7 rings (SSSR count). The molecule has 0 unspecified atom stereocenters. The van der Waals surface area contributed by atoms with Gasteiger partial charge in [-0.3, -0.25) is 9.59 Å². The number of benzene rings is 3. The monoisotopic (exact) mass is 713 g/mol. The Labute approximate surface area is 306 Å². The van der Waals surface area contributed by atoms with Crippen LogP contribution in [0.3, 0.4) is 0 Å². The number of likely N-dealkylation sites (tertiary alicyclic amines) is 1. The van der Waals surface area contributed by atoms with Crippen molar-refractivity contribution in [3.05, 3.63) is 135 Å². The van der Waals surface area contributed by atoms with E-state index < -0.39 is 17.9 Å². The minimum absolute atomic E-state index is 0.0756. The van der Waals surface area contributed by atoms with Crippen molar-refractivity contribution < 1.29 is 14.0 Å². The van der Waals surface area contributed by atoms with Crippen molar-refractivity contribution in [3.8, 4) is 33.6 Å². The molecule has 0 bridgehead atoms. The van der Waals surface area contributed by atoms with Crippen LogP contribution in [0.25, 0.3) is 33.6 Å². The summed E-state index contributed by atoms with van der Waals surface area (Å²) < 4.78 is 15.3. The fourth-order valence-electron chi connectivity index (χ4n) is 6.44. The molecule has 5 aromatic rings. The maximum Gasteiger partial charge on any atom is 0.292 e. The number of hydrogen-bond donors (Lipinski definition) is 1. The van der Waals surface area contributed by atoms with Crippen molar-refractivity contribution in [2.24, 2.45) is 11.1 Å². The molecule has 1 aliphatic heterocycles. The molecular formula is C42H40FN5O3S. The Morgan fingerprint density at radius 3 is 2.17 bits per heavy atom. The zero-order valence-corrected chi connectivity index (χ0v) is 30.3. The second-order valence-electron chi connectivity index (χ2n) is 14.8. The van der Waals surface area contributed by atoms with Gasteiger partial charge in [0, 0.05) is 57.9 Å². The van der Waals surface area contributed by atoms with Crippen molar-refractivity contribution in [2.75, 3.05) is 13.1 Å². The highest BCUT2D eigenvalue weighted by Crippen LogP contribution is 2.40. The summed E-state index contributed by atoms with van der Waals surface area (Å²) in [5.41, 5.74) is 6.50. The zero-order chi connectivity index (χ0) is 36.6. The van der Waals surface area contributed by atoms with Crippen LogP contribution in [0.5, 0.6) is 0 Å². The van der Waals surface area contributed by atoms with Gasteiger partial charge in [-0.15, -0.1) is 16.2 Å². The summed E-state index contributed by atoms with van der Waals surface area (Å²) in [5, 5.41) is 5.72. The fraction of sp³-hybridized carbons (Fsp3) is 0.286. The van der Waals surface area contributed by atoms with E-state index in [1.54, 1.807) is 24.5 Å². The lowest BCUT2D eigenvalue weighted by atomic mass is 9.94. The third-order valence-electron chi connectivity index (χ3n) is 9.88. The topological polar surface area (TPSA) is 105 Å². The Bertz CT molecular complexity index is 2130. The van der Waals surface area contributed by atoms with E-state index in [1.807, 2.05) is 47.4 Å². The van der Waals surface area contributed by atoms with Crippen LogP contribution in [0.2, 0.25) is 0 Å². The van der Waals surface area contributed by atoms with Gasteiger partial charge in [-0.2, -0.15) is 0 Å². The SMILES string of the molecule is C=C([C@H](Cc1ccc(-c2ncc(-c3ccc(-c4ccc(C5CC5)cc4)cc3F)cn2)cc1)NC(=O)c1ccc(C(C)(C)C)s1)N1CC(C(=O)N=O)C1. The van der Waals surface area contributed by atoms with Crippen LogP contribution in [-0.4, -0.2) is 45.8 Å². The van der Waals surface area contributed by atoms with E-state index in [0.717, 1.165) is 27.1 Å². The van der Waals surface area contributed by atoms with Gasteiger partial charge in [0.2, 0.25) is 0 Å². The number of carbonyl (C=O) groups excluding carboxylic acids is 2. The molecule has 1 saturated carbocycles. The highest BCUT2D eigenvalue weighted by molar-refractivity contribution is 7.14. The molecule has 10 heteroatoms. The molecule has 1 N–H and O–H groups in total. The molecule has 0 spiro atoms. The number of carbonyl (C=O) groups is 2. The minimum atomic E-state index is -0.670. The van der Waals surface area contributed by atoms with Crippen LogP contribution in [0.15, 0.2) is 109 Å². The summed E-state index contributed by atoms with van der Waals surface area (Å²) in [6.07, 6.45) is 6.21. The van der Waals surface area contributed by atoms with Gasteiger partial charge in [0.05, 0.1) is 16.8 Å². The quantitative estimate of drug-likeness (QED) is 0.137. The molecule has 1 aliphatic carbocycles. The molecule has 2 aromatic heterocycles. The fourth-order valence-corrected chi connectivity index (χ4v) is 7.41. The summed E-state index contributed by atoms with van der Waals surface area (Å²) in [6, 6.07) is 24.8. The zero-order valence-electron chi connectivity index (χ0n) is 29.4.